The van der Waals surface area contributed by atoms with Gasteiger partial charge in [-0.1, -0.05) is 41.4 Å². The number of anilines is 2. The molecule has 2 N–H and O–H groups in total. The van der Waals surface area contributed by atoms with Crippen LogP contribution in [0.3, 0.4) is 0 Å². The van der Waals surface area contributed by atoms with Crippen molar-refractivity contribution in [2.75, 3.05) is 10.6 Å². The van der Waals surface area contributed by atoms with Crippen molar-refractivity contribution >= 4 is 52.0 Å². The highest BCUT2D eigenvalue weighted by Crippen LogP contribution is 2.20. The average Bonchev–Trinajstić information content (AvgIpc) is 3.34. The Morgan fingerprint density at radius 3 is 2.68 bits per heavy atom. The van der Waals surface area contributed by atoms with E-state index in [2.05, 4.69) is 20.8 Å². The van der Waals surface area contributed by atoms with E-state index in [-0.39, 0.29) is 12.4 Å². The minimum atomic E-state index is -0.371. The van der Waals surface area contributed by atoms with E-state index in [1.54, 1.807) is 40.0 Å². The molecule has 0 unspecified atom stereocenters. The molecular weight excluding hydrogens is 458 g/mol. The van der Waals surface area contributed by atoms with Gasteiger partial charge in [0, 0.05) is 34.1 Å². The summed E-state index contributed by atoms with van der Waals surface area (Å²) in [6.07, 6.45) is 5.24. The van der Waals surface area contributed by atoms with Gasteiger partial charge in [-0.25, -0.2) is 4.39 Å². The van der Waals surface area contributed by atoms with Gasteiger partial charge < -0.3 is 10.6 Å². The second kappa shape index (κ2) is 9.47. The lowest BCUT2D eigenvalue weighted by atomic mass is 10.2. The Kier molecular flexibility index (Phi) is 6.50. The predicted molar refractivity (Wildman–Crippen MR) is 125 cm³/mol. The van der Waals surface area contributed by atoms with Crippen molar-refractivity contribution in [1.82, 2.24) is 19.6 Å². The van der Waals surface area contributed by atoms with Gasteiger partial charge in [-0.05, 0) is 42.0 Å². The summed E-state index contributed by atoms with van der Waals surface area (Å²) in [6.45, 7) is 0.801. The van der Waals surface area contributed by atoms with E-state index in [0.29, 0.717) is 33.1 Å². The van der Waals surface area contributed by atoms with Gasteiger partial charge in [-0.2, -0.15) is 10.2 Å². The van der Waals surface area contributed by atoms with E-state index >= 15 is 0 Å². The number of rotatable bonds is 6. The number of thiocarbonyl (C=S) groups is 1. The molecule has 4 rings (SSSR count). The molecule has 0 saturated heterocycles. The van der Waals surface area contributed by atoms with Crippen LogP contribution in [-0.4, -0.2) is 24.7 Å². The molecule has 0 aliphatic heterocycles. The topological polar surface area (TPSA) is 59.7 Å². The smallest absolute Gasteiger partial charge is 0.176 e. The molecule has 4 aromatic rings. The van der Waals surface area contributed by atoms with Crippen LogP contribution in [0.25, 0.3) is 0 Å². The lowest BCUT2D eigenvalue weighted by Gasteiger charge is -2.07. The summed E-state index contributed by atoms with van der Waals surface area (Å²) >= 11 is 17.5. The Labute approximate surface area is 193 Å². The van der Waals surface area contributed by atoms with Crippen LogP contribution in [0.15, 0.2) is 67.1 Å². The third-order valence-electron chi connectivity index (χ3n) is 4.39. The Morgan fingerprint density at radius 2 is 1.87 bits per heavy atom. The van der Waals surface area contributed by atoms with Crippen LogP contribution in [0.2, 0.25) is 10.0 Å². The van der Waals surface area contributed by atoms with Gasteiger partial charge in [0.2, 0.25) is 0 Å². The number of halogens is 3. The van der Waals surface area contributed by atoms with Crippen LogP contribution in [0.1, 0.15) is 11.1 Å². The first kappa shape index (κ1) is 21.3. The zero-order valence-corrected chi connectivity index (χ0v) is 18.4. The van der Waals surface area contributed by atoms with Crippen LogP contribution in [0.4, 0.5) is 15.9 Å². The number of nitrogens with zero attached hydrogens (tertiary/aromatic N) is 4. The Balaban J connectivity index is 1.34. The monoisotopic (exact) mass is 474 g/mol. The van der Waals surface area contributed by atoms with Crippen molar-refractivity contribution < 1.29 is 4.39 Å². The summed E-state index contributed by atoms with van der Waals surface area (Å²) in [5.41, 5.74) is 2.16. The van der Waals surface area contributed by atoms with Crippen LogP contribution >= 0.6 is 35.4 Å². The first-order valence-electron chi connectivity index (χ1n) is 9.27. The highest BCUT2D eigenvalue weighted by atomic mass is 35.5. The Morgan fingerprint density at radius 1 is 1.03 bits per heavy atom. The number of aromatic nitrogens is 4. The van der Waals surface area contributed by atoms with Gasteiger partial charge in [0.25, 0.3) is 0 Å². The molecule has 0 amide bonds. The van der Waals surface area contributed by atoms with Crippen molar-refractivity contribution in [2.45, 2.75) is 13.1 Å². The molecule has 0 spiro atoms. The van der Waals surface area contributed by atoms with Gasteiger partial charge in [-0.3, -0.25) is 9.36 Å². The molecule has 2 aromatic carbocycles. The number of nitrogens with one attached hydrogen (secondary N) is 2. The molecular formula is C21H17Cl2FN6S. The molecule has 0 atom stereocenters. The summed E-state index contributed by atoms with van der Waals surface area (Å²) in [4.78, 5) is 0. The van der Waals surface area contributed by atoms with Crippen LogP contribution in [0, 0.1) is 5.82 Å². The summed E-state index contributed by atoms with van der Waals surface area (Å²) < 4.78 is 17.3. The number of hydrogen-bond donors (Lipinski definition) is 2. The zero-order chi connectivity index (χ0) is 21.8. The summed E-state index contributed by atoms with van der Waals surface area (Å²) in [6, 6.07) is 13.9. The molecule has 0 saturated carbocycles. The van der Waals surface area contributed by atoms with E-state index in [9.17, 15) is 4.39 Å². The van der Waals surface area contributed by atoms with Gasteiger partial charge in [0.1, 0.15) is 5.82 Å². The van der Waals surface area contributed by atoms with Crippen LogP contribution in [-0.2, 0) is 13.1 Å². The summed E-state index contributed by atoms with van der Waals surface area (Å²) in [5.74, 6) is 0.153. The molecule has 0 radical (unpaired) electrons. The largest absolute Gasteiger partial charge is 0.330 e. The van der Waals surface area contributed by atoms with Gasteiger partial charge in [0.15, 0.2) is 10.9 Å². The second-order valence-corrected chi connectivity index (χ2v) is 7.99. The standard InChI is InChI=1S/C21H17Cl2FN6S/c22-15-4-1-3-14(9-15)11-30-12-16(10-25-30)26-21(31)27-20-7-8-29(28-20)13-17-18(23)5-2-6-19(17)24/h1-10,12H,11,13H2,(H2,26,27,28,31). The van der Waals surface area contributed by atoms with Gasteiger partial charge in [0.05, 0.1) is 25.0 Å². The fourth-order valence-corrected chi connectivity index (χ4v) is 3.64. The molecule has 0 aliphatic rings. The van der Waals surface area contributed by atoms with Crippen molar-refractivity contribution in [1.29, 1.82) is 0 Å². The van der Waals surface area contributed by atoms with Gasteiger partial charge in [-0.15, -0.1) is 0 Å². The quantitative estimate of drug-likeness (QED) is 0.364. The maximum Gasteiger partial charge on any atom is 0.176 e. The predicted octanol–water partition coefficient (Wildman–Crippen LogP) is 5.43. The first-order valence-corrected chi connectivity index (χ1v) is 10.4. The van der Waals surface area contributed by atoms with Crippen LogP contribution in [0.5, 0.6) is 0 Å². The van der Waals surface area contributed by atoms with Crippen molar-refractivity contribution in [3.63, 3.8) is 0 Å². The normalized spacial score (nSPS) is 10.8. The zero-order valence-electron chi connectivity index (χ0n) is 16.1. The minimum absolute atomic E-state index is 0.212. The fraction of sp³-hybridized carbons (Fsp3) is 0.0952. The third-order valence-corrected chi connectivity index (χ3v) is 5.18. The highest BCUT2D eigenvalue weighted by molar-refractivity contribution is 7.80. The molecule has 10 heteroatoms. The second-order valence-electron chi connectivity index (χ2n) is 6.73. The van der Waals surface area contributed by atoms with Gasteiger partial charge >= 0.3 is 0 Å². The van der Waals surface area contributed by atoms with E-state index in [1.807, 2.05) is 30.5 Å². The Hall–Kier alpha value is -2.94. The maximum absolute atomic E-state index is 14.0. The molecule has 0 bridgehead atoms. The first-order chi connectivity index (χ1) is 15.0. The summed E-state index contributed by atoms with van der Waals surface area (Å²) in [7, 11) is 0. The number of hydrogen-bond acceptors (Lipinski definition) is 3. The summed E-state index contributed by atoms with van der Waals surface area (Å²) in [5, 5.41) is 16.1. The maximum atomic E-state index is 14.0. The van der Waals surface area contributed by atoms with E-state index in [1.165, 1.54) is 6.07 Å². The molecule has 0 aliphatic carbocycles. The molecule has 6 nitrogen and oxygen atoms in total. The molecule has 0 fully saturated rings. The average molecular weight is 475 g/mol. The number of benzene rings is 2. The molecule has 2 heterocycles. The lowest BCUT2D eigenvalue weighted by molar-refractivity contribution is 0.586. The Bertz CT molecular complexity index is 1200. The molecule has 31 heavy (non-hydrogen) atoms. The van der Waals surface area contributed by atoms with E-state index in [0.717, 1.165) is 11.3 Å². The minimum Gasteiger partial charge on any atom is -0.330 e. The molecule has 158 valence electrons. The van der Waals surface area contributed by atoms with Crippen molar-refractivity contribution in [2.24, 2.45) is 0 Å². The van der Waals surface area contributed by atoms with Crippen LogP contribution < -0.4 is 10.6 Å². The van der Waals surface area contributed by atoms with Crippen molar-refractivity contribution in [3.05, 3.63) is 94.1 Å². The SMILES string of the molecule is Fc1cccc(Cl)c1Cn1ccc(NC(=S)Nc2cnn(Cc3cccc(Cl)c3)c2)n1. The third kappa shape index (κ3) is 5.61. The lowest BCUT2D eigenvalue weighted by Crippen LogP contribution is -2.19. The fourth-order valence-electron chi connectivity index (χ4n) is 2.98. The highest BCUT2D eigenvalue weighted by Gasteiger charge is 2.10. The molecule has 2 aromatic heterocycles. The van der Waals surface area contributed by atoms with Crippen molar-refractivity contribution in [3.8, 4) is 0 Å². The van der Waals surface area contributed by atoms with E-state index in [4.69, 9.17) is 35.4 Å². The van der Waals surface area contributed by atoms with E-state index < -0.39 is 0 Å².